The number of nitrogen functional groups attached to an aromatic ring is 1. The van der Waals surface area contributed by atoms with Gasteiger partial charge in [-0.15, -0.1) is 11.3 Å². The molecule has 0 aliphatic heterocycles. The number of hydrazine groups is 1. The first kappa shape index (κ1) is 10.4. The minimum Gasteiger partial charge on any atom is -0.308 e. The van der Waals surface area contributed by atoms with Gasteiger partial charge in [-0.05, 0) is 17.7 Å². The fraction of sp³-hybridized carbons (Fsp3) is 0.111. The zero-order valence-electron chi connectivity index (χ0n) is 7.88. The van der Waals surface area contributed by atoms with Crippen LogP contribution in [0.15, 0.2) is 34.2 Å². The Hall–Kier alpha value is -1.11. The van der Waals surface area contributed by atoms with Gasteiger partial charge in [-0.1, -0.05) is 11.8 Å². The highest BCUT2D eigenvalue weighted by Gasteiger charge is 1.99. The van der Waals surface area contributed by atoms with Gasteiger partial charge in [0.25, 0.3) is 0 Å². The second-order valence-corrected chi connectivity index (χ2v) is 4.90. The highest BCUT2D eigenvalue weighted by molar-refractivity contribution is 8.00. The van der Waals surface area contributed by atoms with Crippen molar-refractivity contribution in [1.29, 1.82) is 0 Å². The highest BCUT2D eigenvalue weighted by Crippen LogP contribution is 2.24. The van der Waals surface area contributed by atoms with E-state index in [1.54, 1.807) is 29.3 Å². The van der Waals surface area contributed by atoms with Gasteiger partial charge in [0.2, 0.25) is 0 Å². The summed E-state index contributed by atoms with van der Waals surface area (Å²) < 4.78 is 1.08. The Morgan fingerprint density at radius 3 is 3.07 bits per heavy atom. The minimum absolute atomic E-state index is 0.687. The molecule has 0 bridgehead atoms. The van der Waals surface area contributed by atoms with Crippen molar-refractivity contribution in [3.8, 4) is 0 Å². The molecule has 78 valence electrons. The molecule has 4 nitrogen and oxygen atoms in total. The summed E-state index contributed by atoms with van der Waals surface area (Å²) in [7, 11) is 0. The molecule has 3 N–H and O–H groups in total. The third kappa shape index (κ3) is 2.92. The molecule has 2 aromatic heterocycles. The number of hydrogen-bond acceptors (Lipinski definition) is 6. The first-order chi connectivity index (χ1) is 7.38. The Bertz CT molecular complexity index is 416. The second kappa shape index (κ2) is 5.11. The molecule has 2 rings (SSSR count). The van der Waals surface area contributed by atoms with Crippen LogP contribution in [0.1, 0.15) is 5.56 Å². The smallest absolute Gasteiger partial charge is 0.150 e. The molecule has 0 saturated carbocycles. The topological polar surface area (TPSA) is 63.8 Å². The fourth-order valence-electron chi connectivity index (χ4n) is 1.07. The van der Waals surface area contributed by atoms with E-state index in [1.165, 1.54) is 5.56 Å². The van der Waals surface area contributed by atoms with E-state index in [0.717, 1.165) is 10.1 Å². The van der Waals surface area contributed by atoms with Crippen LogP contribution in [-0.4, -0.2) is 9.97 Å². The first-order valence-electron chi connectivity index (χ1n) is 4.32. The SMILES string of the molecule is NNc1cc(CSc2nccs2)ccn1. The maximum Gasteiger partial charge on any atom is 0.150 e. The van der Waals surface area contributed by atoms with Gasteiger partial charge in [0, 0.05) is 23.5 Å². The van der Waals surface area contributed by atoms with Crippen molar-refractivity contribution in [2.24, 2.45) is 5.84 Å². The van der Waals surface area contributed by atoms with E-state index in [4.69, 9.17) is 5.84 Å². The van der Waals surface area contributed by atoms with Crippen LogP contribution >= 0.6 is 23.1 Å². The van der Waals surface area contributed by atoms with Gasteiger partial charge in [-0.2, -0.15) is 0 Å². The van der Waals surface area contributed by atoms with Crippen molar-refractivity contribution in [2.75, 3.05) is 5.43 Å². The molecular formula is C9H10N4S2. The molecule has 0 saturated heterocycles. The Morgan fingerprint density at radius 2 is 2.33 bits per heavy atom. The van der Waals surface area contributed by atoms with Crippen LogP contribution in [0.4, 0.5) is 5.82 Å². The number of pyridine rings is 1. The molecule has 0 aliphatic carbocycles. The monoisotopic (exact) mass is 238 g/mol. The Morgan fingerprint density at radius 1 is 1.40 bits per heavy atom. The molecule has 0 amide bonds. The molecule has 6 heteroatoms. The molecule has 2 heterocycles. The summed E-state index contributed by atoms with van der Waals surface area (Å²) in [6.07, 6.45) is 3.55. The summed E-state index contributed by atoms with van der Waals surface area (Å²) in [4.78, 5) is 8.24. The second-order valence-electron chi connectivity index (χ2n) is 2.78. The van der Waals surface area contributed by atoms with Crippen LogP contribution in [0, 0.1) is 0 Å². The Labute approximate surface area is 95.9 Å². The number of hydrogen-bond donors (Lipinski definition) is 2. The molecule has 0 aliphatic rings. The normalized spacial score (nSPS) is 10.2. The van der Waals surface area contributed by atoms with E-state index >= 15 is 0 Å². The number of thioether (sulfide) groups is 1. The van der Waals surface area contributed by atoms with E-state index in [1.807, 2.05) is 23.7 Å². The average molecular weight is 238 g/mol. The summed E-state index contributed by atoms with van der Waals surface area (Å²) in [6, 6.07) is 3.90. The maximum atomic E-state index is 5.28. The quantitative estimate of drug-likeness (QED) is 0.485. The summed E-state index contributed by atoms with van der Waals surface area (Å²) >= 11 is 3.36. The number of nitrogens with zero attached hydrogens (tertiary/aromatic N) is 2. The lowest BCUT2D eigenvalue weighted by Gasteiger charge is -2.02. The molecule has 0 aromatic carbocycles. The van der Waals surface area contributed by atoms with Gasteiger partial charge in [0.1, 0.15) is 10.2 Å². The van der Waals surface area contributed by atoms with Crippen molar-refractivity contribution in [1.82, 2.24) is 9.97 Å². The standard InChI is InChI=1S/C9H10N4S2/c10-13-8-5-7(1-2-11-8)6-15-9-12-3-4-14-9/h1-5H,6,10H2,(H,11,13). The summed E-state index contributed by atoms with van der Waals surface area (Å²) in [6.45, 7) is 0. The van der Waals surface area contributed by atoms with E-state index in [0.29, 0.717) is 5.82 Å². The van der Waals surface area contributed by atoms with Gasteiger partial charge < -0.3 is 5.43 Å². The van der Waals surface area contributed by atoms with Gasteiger partial charge in [0.15, 0.2) is 0 Å². The fourth-order valence-corrected chi connectivity index (χ4v) is 2.65. The molecule has 2 aromatic rings. The molecular weight excluding hydrogens is 228 g/mol. The third-order valence-electron chi connectivity index (χ3n) is 1.74. The van der Waals surface area contributed by atoms with Crippen LogP contribution in [0.5, 0.6) is 0 Å². The number of nitrogens with two attached hydrogens (primary N) is 1. The van der Waals surface area contributed by atoms with E-state index in [2.05, 4.69) is 15.4 Å². The van der Waals surface area contributed by atoms with Crippen molar-refractivity contribution >= 4 is 28.9 Å². The lowest BCUT2D eigenvalue weighted by atomic mass is 10.3. The van der Waals surface area contributed by atoms with Gasteiger partial charge in [0.05, 0.1) is 0 Å². The van der Waals surface area contributed by atoms with Crippen LogP contribution in [0.3, 0.4) is 0 Å². The van der Waals surface area contributed by atoms with Crippen LogP contribution in [0.2, 0.25) is 0 Å². The molecule has 0 fully saturated rings. The number of thiazole rings is 1. The van der Waals surface area contributed by atoms with Crippen LogP contribution in [0.25, 0.3) is 0 Å². The molecule has 15 heavy (non-hydrogen) atoms. The number of anilines is 1. The lowest BCUT2D eigenvalue weighted by Crippen LogP contribution is -2.08. The predicted molar refractivity (Wildman–Crippen MR) is 63.7 cm³/mol. The van der Waals surface area contributed by atoms with E-state index < -0.39 is 0 Å². The van der Waals surface area contributed by atoms with Crippen LogP contribution < -0.4 is 11.3 Å². The van der Waals surface area contributed by atoms with Crippen molar-refractivity contribution in [3.63, 3.8) is 0 Å². The average Bonchev–Trinajstić information content (AvgIpc) is 2.79. The Kier molecular flexibility index (Phi) is 3.54. The Balaban J connectivity index is 1.98. The van der Waals surface area contributed by atoms with Gasteiger partial charge in [-0.25, -0.2) is 15.8 Å². The minimum atomic E-state index is 0.687. The summed E-state index contributed by atoms with van der Waals surface area (Å²) in [5.41, 5.74) is 3.71. The van der Waals surface area contributed by atoms with Crippen LogP contribution in [-0.2, 0) is 5.75 Å². The predicted octanol–water partition coefficient (Wildman–Crippen LogP) is 2.12. The first-order valence-corrected chi connectivity index (χ1v) is 6.19. The van der Waals surface area contributed by atoms with Crippen molar-refractivity contribution in [3.05, 3.63) is 35.5 Å². The zero-order valence-corrected chi connectivity index (χ0v) is 9.52. The van der Waals surface area contributed by atoms with Gasteiger partial charge >= 0.3 is 0 Å². The van der Waals surface area contributed by atoms with Gasteiger partial charge in [-0.3, -0.25) is 0 Å². The molecule has 0 unspecified atom stereocenters. The lowest BCUT2D eigenvalue weighted by molar-refractivity contribution is 1.20. The van der Waals surface area contributed by atoms with E-state index in [-0.39, 0.29) is 0 Å². The molecule has 0 spiro atoms. The maximum absolute atomic E-state index is 5.28. The summed E-state index contributed by atoms with van der Waals surface area (Å²) in [5, 5.41) is 1.97. The van der Waals surface area contributed by atoms with E-state index in [9.17, 15) is 0 Å². The number of nitrogens with one attached hydrogen (secondary N) is 1. The largest absolute Gasteiger partial charge is 0.308 e. The molecule has 0 atom stereocenters. The van der Waals surface area contributed by atoms with Crippen molar-refractivity contribution in [2.45, 2.75) is 10.1 Å². The highest BCUT2D eigenvalue weighted by atomic mass is 32.2. The zero-order chi connectivity index (χ0) is 10.5. The third-order valence-corrected chi connectivity index (χ3v) is 3.78. The van der Waals surface area contributed by atoms with Crippen molar-refractivity contribution < 1.29 is 0 Å². The number of aromatic nitrogens is 2. The number of rotatable bonds is 4. The molecule has 0 radical (unpaired) electrons. The summed E-state index contributed by atoms with van der Waals surface area (Å²) in [5.74, 6) is 6.85.